The van der Waals surface area contributed by atoms with E-state index in [0.717, 1.165) is 26.1 Å². The smallest absolute Gasteiger partial charge is 0.149 e. The number of nitrogens with zero attached hydrogens (tertiary/aromatic N) is 1. The van der Waals surface area contributed by atoms with Crippen molar-refractivity contribution in [3.63, 3.8) is 0 Å². The molecule has 2 rings (SSSR count). The molecule has 1 fully saturated rings. The fourth-order valence-corrected chi connectivity index (χ4v) is 1.66. The fraction of sp³-hybridized carbons (Fsp3) is 0.455. The lowest BCUT2D eigenvalue weighted by Gasteiger charge is -2.23. The molecule has 0 radical (unpaired) electrons. The van der Waals surface area contributed by atoms with Crippen molar-refractivity contribution >= 4 is 5.84 Å². The van der Waals surface area contributed by atoms with E-state index in [1.54, 1.807) is 18.3 Å². The number of rotatable bonds is 3. The van der Waals surface area contributed by atoms with Crippen molar-refractivity contribution in [2.24, 2.45) is 5.73 Å². The van der Waals surface area contributed by atoms with E-state index in [4.69, 9.17) is 20.6 Å². The summed E-state index contributed by atoms with van der Waals surface area (Å²) in [6.45, 7) is 1.45. The van der Waals surface area contributed by atoms with Gasteiger partial charge in [0.25, 0.3) is 0 Å². The van der Waals surface area contributed by atoms with E-state index in [1.807, 2.05) is 0 Å². The first-order valence-electron chi connectivity index (χ1n) is 5.31. The molecule has 0 saturated carbocycles. The van der Waals surface area contributed by atoms with Gasteiger partial charge in [0.05, 0.1) is 13.2 Å². The summed E-state index contributed by atoms with van der Waals surface area (Å²) in [6, 6.07) is 3.57. The summed E-state index contributed by atoms with van der Waals surface area (Å²) in [5, 5.41) is 7.40. The highest BCUT2D eigenvalue weighted by atomic mass is 16.5. The standard InChI is InChI=1S/C11H15N3O2/c12-11(13)10-9(2-1-5-14-10)16-8-3-6-15-7-4-8/h1-2,5,8H,3-4,6-7H2,(H3,12,13). The molecule has 0 spiro atoms. The van der Waals surface area contributed by atoms with Crippen molar-refractivity contribution in [3.05, 3.63) is 24.0 Å². The van der Waals surface area contributed by atoms with Crippen LogP contribution >= 0.6 is 0 Å². The van der Waals surface area contributed by atoms with Crippen LogP contribution in [-0.2, 0) is 4.74 Å². The first-order valence-corrected chi connectivity index (χ1v) is 5.31. The minimum absolute atomic E-state index is 0.0670. The number of pyridine rings is 1. The Morgan fingerprint density at radius 2 is 2.25 bits per heavy atom. The second kappa shape index (κ2) is 4.94. The molecule has 5 heteroatoms. The van der Waals surface area contributed by atoms with Gasteiger partial charge in [0.2, 0.25) is 0 Å². The van der Waals surface area contributed by atoms with Crippen LogP contribution in [0.25, 0.3) is 0 Å². The molecule has 1 saturated heterocycles. The monoisotopic (exact) mass is 221 g/mol. The zero-order valence-corrected chi connectivity index (χ0v) is 8.98. The van der Waals surface area contributed by atoms with Gasteiger partial charge in [0.15, 0.2) is 0 Å². The third-order valence-electron chi connectivity index (χ3n) is 2.49. The van der Waals surface area contributed by atoms with E-state index < -0.39 is 0 Å². The number of hydrogen-bond donors (Lipinski definition) is 2. The van der Waals surface area contributed by atoms with Gasteiger partial charge in [-0.25, -0.2) is 4.98 Å². The predicted molar refractivity (Wildman–Crippen MR) is 59.7 cm³/mol. The van der Waals surface area contributed by atoms with Crippen molar-refractivity contribution < 1.29 is 9.47 Å². The Bertz CT molecular complexity index is 375. The molecule has 1 aliphatic rings. The number of nitrogens with two attached hydrogens (primary N) is 1. The second-order valence-electron chi connectivity index (χ2n) is 3.69. The minimum atomic E-state index is -0.0670. The molecule has 16 heavy (non-hydrogen) atoms. The molecule has 1 aromatic rings. The van der Waals surface area contributed by atoms with Crippen LogP contribution in [0.2, 0.25) is 0 Å². The van der Waals surface area contributed by atoms with Crippen molar-refractivity contribution in [1.82, 2.24) is 4.98 Å². The Hall–Kier alpha value is -1.62. The molecule has 1 aliphatic heterocycles. The normalized spacial score (nSPS) is 17.0. The molecule has 0 bridgehead atoms. The maximum absolute atomic E-state index is 7.40. The van der Waals surface area contributed by atoms with Crippen LogP contribution in [0.15, 0.2) is 18.3 Å². The van der Waals surface area contributed by atoms with E-state index in [1.165, 1.54) is 0 Å². The van der Waals surface area contributed by atoms with Gasteiger partial charge >= 0.3 is 0 Å². The van der Waals surface area contributed by atoms with Crippen LogP contribution in [0.3, 0.4) is 0 Å². The lowest BCUT2D eigenvalue weighted by molar-refractivity contribution is 0.0253. The topological polar surface area (TPSA) is 81.2 Å². The van der Waals surface area contributed by atoms with E-state index in [9.17, 15) is 0 Å². The lowest BCUT2D eigenvalue weighted by Crippen LogP contribution is -2.27. The predicted octanol–water partition coefficient (Wildman–Crippen LogP) is 0.923. The van der Waals surface area contributed by atoms with Crippen LogP contribution in [0.4, 0.5) is 0 Å². The quantitative estimate of drug-likeness (QED) is 0.587. The number of nitrogen functional groups attached to an aromatic ring is 1. The van der Waals surface area contributed by atoms with Crippen LogP contribution in [0, 0.1) is 5.41 Å². The van der Waals surface area contributed by atoms with Crippen molar-refractivity contribution in [2.75, 3.05) is 13.2 Å². The van der Waals surface area contributed by atoms with Gasteiger partial charge in [0, 0.05) is 19.0 Å². The highest BCUT2D eigenvalue weighted by Crippen LogP contribution is 2.20. The molecule has 0 aromatic carbocycles. The van der Waals surface area contributed by atoms with Gasteiger partial charge in [-0.2, -0.15) is 0 Å². The van der Waals surface area contributed by atoms with Crippen LogP contribution in [-0.4, -0.2) is 30.1 Å². The van der Waals surface area contributed by atoms with Gasteiger partial charge < -0.3 is 15.2 Å². The number of amidine groups is 1. The molecule has 1 aromatic heterocycles. The lowest BCUT2D eigenvalue weighted by atomic mass is 10.1. The fourth-order valence-electron chi connectivity index (χ4n) is 1.66. The van der Waals surface area contributed by atoms with Crippen LogP contribution in [0.1, 0.15) is 18.5 Å². The number of hydrogen-bond acceptors (Lipinski definition) is 4. The summed E-state index contributed by atoms with van der Waals surface area (Å²) in [7, 11) is 0. The SMILES string of the molecule is N=C(N)c1ncccc1OC1CCOCC1. The van der Waals surface area contributed by atoms with Crippen LogP contribution < -0.4 is 10.5 Å². The third kappa shape index (κ3) is 2.49. The highest BCUT2D eigenvalue weighted by Gasteiger charge is 2.17. The van der Waals surface area contributed by atoms with E-state index in [2.05, 4.69) is 4.98 Å². The molecule has 0 amide bonds. The summed E-state index contributed by atoms with van der Waals surface area (Å²) >= 11 is 0. The first kappa shape index (κ1) is 10.9. The van der Waals surface area contributed by atoms with Gasteiger partial charge in [-0.05, 0) is 12.1 Å². The Kier molecular flexibility index (Phi) is 3.36. The molecule has 86 valence electrons. The Labute approximate surface area is 94.1 Å². The number of nitrogens with one attached hydrogen (secondary N) is 1. The van der Waals surface area contributed by atoms with E-state index in [-0.39, 0.29) is 11.9 Å². The van der Waals surface area contributed by atoms with Gasteiger partial charge in [-0.1, -0.05) is 0 Å². The molecular formula is C11H15N3O2. The maximum atomic E-state index is 7.40. The molecule has 5 nitrogen and oxygen atoms in total. The zero-order chi connectivity index (χ0) is 11.4. The Balaban J connectivity index is 2.10. The third-order valence-corrected chi connectivity index (χ3v) is 2.49. The van der Waals surface area contributed by atoms with Crippen molar-refractivity contribution in [3.8, 4) is 5.75 Å². The van der Waals surface area contributed by atoms with Gasteiger partial charge in [-0.3, -0.25) is 5.41 Å². The molecule has 0 unspecified atom stereocenters. The highest BCUT2D eigenvalue weighted by molar-refractivity contribution is 5.95. The number of aromatic nitrogens is 1. The van der Waals surface area contributed by atoms with Crippen molar-refractivity contribution in [2.45, 2.75) is 18.9 Å². The molecule has 3 N–H and O–H groups in total. The average Bonchev–Trinajstić information content (AvgIpc) is 2.31. The number of ether oxygens (including phenoxy) is 2. The molecular weight excluding hydrogens is 206 g/mol. The van der Waals surface area contributed by atoms with Gasteiger partial charge in [0.1, 0.15) is 23.4 Å². The zero-order valence-electron chi connectivity index (χ0n) is 8.98. The Morgan fingerprint density at radius 3 is 2.94 bits per heavy atom. The maximum Gasteiger partial charge on any atom is 0.149 e. The average molecular weight is 221 g/mol. The summed E-state index contributed by atoms with van der Waals surface area (Å²) in [5.41, 5.74) is 5.85. The Morgan fingerprint density at radius 1 is 1.50 bits per heavy atom. The molecule has 0 aliphatic carbocycles. The molecule has 0 atom stereocenters. The first-order chi connectivity index (χ1) is 7.77. The van der Waals surface area contributed by atoms with E-state index in [0.29, 0.717) is 11.4 Å². The van der Waals surface area contributed by atoms with E-state index >= 15 is 0 Å². The largest absolute Gasteiger partial charge is 0.488 e. The van der Waals surface area contributed by atoms with Crippen LogP contribution in [0.5, 0.6) is 5.75 Å². The second-order valence-corrected chi connectivity index (χ2v) is 3.69. The molecule has 2 heterocycles. The van der Waals surface area contributed by atoms with Gasteiger partial charge in [-0.15, -0.1) is 0 Å². The minimum Gasteiger partial charge on any atom is -0.488 e. The summed E-state index contributed by atoms with van der Waals surface area (Å²) in [4.78, 5) is 4.04. The van der Waals surface area contributed by atoms with Crippen molar-refractivity contribution in [1.29, 1.82) is 5.41 Å². The summed E-state index contributed by atoms with van der Waals surface area (Å²) < 4.78 is 11.0. The summed E-state index contributed by atoms with van der Waals surface area (Å²) in [5.74, 6) is 0.518. The summed E-state index contributed by atoms with van der Waals surface area (Å²) in [6.07, 6.45) is 3.47.